The van der Waals surface area contributed by atoms with Crippen molar-refractivity contribution in [2.24, 2.45) is 0 Å². The third-order valence-corrected chi connectivity index (χ3v) is 4.97. The molecule has 4 rings (SSSR count). The molecule has 3 aromatic carbocycles. The molecule has 0 aliphatic heterocycles. The number of terminal acetylenes is 1. The van der Waals surface area contributed by atoms with E-state index in [2.05, 4.69) is 108 Å². The number of fused-ring (bicyclic) bond motifs is 3. The molecule has 0 fully saturated rings. The molecule has 3 aromatic rings. The minimum atomic E-state index is -0.0472. The standard InChI is InChI=1S/C20H16.C4H6O.C3H6O.2C2H6/c1-20(15-9-3-2-4-10-15)18-13-7-5-11-16(18)17-12-6-8-14-19(17)20;1-3-4-5-2;1-3-4-2;2*1-2/h2-14H,1H3;1H,4H2,2H3;3H,1H2,2H3;2*1-2H3. The molecule has 33 heavy (non-hydrogen) atoms. The molecular formula is C31H40O2. The van der Waals surface area contributed by atoms with Gasteiger partial charge in [0.2, 0.25) is 0 Å². The van der Waals surface area contributed by atoms with Crippen molar-refractivity contribution in [3.63, 3.8) is 0 Å². The van der Waals surface area contributed by atoms with Gasteiger partial charge in [0.05, 0.1) is 13.4 Å². The molecule has 0 radical (unpaired) electrons. The summed E-state index contributed by atoms with van der Waals surface area (Å²) in [5.74, 6) is 2.30. The number of hydrogen-bond acceptors (Lipinski definition) is 2. The van der Waals surface area contributed by atoms with Crippen LogP contribution >= 0.6 is 0 Å². The van der Waals surface area contributed by atoms with Crippen molar-refractivity contribution in [1.29, 1.82) is 0 Å². The summed E-state index contributed by atoms with van der Waals surface area (Å²) >= 11 is 0. The molecule has 2 heteroatoms. The number of hydrogen-bond donors (Lipinski definition) is 0. The lowest BCUT2D eigenvalue weighted by Gasteiger charge is -2.28. The second-order valence-electron chi connectivity index (χ2n) is 6.62. The van der Waals surface area contributed by atoms with Gasteiger partial charge in [-0.25, -0.2) is 0 Å². The molecule has 0 atom stereocenters. The largest absolute Gasteiger partial charge is 0.505 e. The zero-order valence-corrected chi connectivity index (χ0v) is 21.4. The molecule has 0 amide bonds. The summed E-state index contributed by atoms with van der Waals surface area (Å²) in [5.41, 5.74) is 6.87. The molecule has 0 unspecified atom stereocenters. The van der Waals surface area contributed by atoms with Crippen LogP contribution < -0.4 is 0 Å². The molecule has 0 heterocycles. The Bertz CT molecular complexity index is 906. The molecule has 0 N–H and O–H groups in total. The molecule has 2 nitrogen and oxygen atoms in total. The first-order chi connectivity index (χ1) is 16.1. The van der Waals surface area contributed by atoms with E-state index in [1.807, 2.05) is 27.7 Å². The maximum Gasteiger partial charge on any atom is 0.107 e. The van der Waals surface area contributed by atoms with Crippen molar-refractivity contribution in [2.45, 2.75) is 40.0 Å². The van der Waals surface area contributed by atoms with Crippen LogP contribution in [0.15, 0.2) is 91.7 Å². The van der Waals surface area contributed by atoms with Crippen LogP contribution in [0.2, 0.25) is 0 Å². The second kappa shape index (κ2) is 17.3. The first-order valence-electron chi connectivity index (χ1n) is 11.5. The monoisotopic (exact) mass is 444 g/mol. The van der Waals surface area contributed by atoms with E-state index in [4.69, 9.17) is 6.42 Å². The smallest absolute Gasteiger partial charge is 0.107 e. The van der Waals surface area contributed by atoms with Crippen molar-refractivity contribution < 1.29 is 9.47 Å². The van der Waals surface area contributed by atoms with Crippen LogP contribution in [-0.4, -0.2) is 20.8 Å². The van der Waals surface area contributed by atoms with Crippen molar-refractivity contribution in [3.8, 4) is 23.5 Å². The third kappa shape index (κ3) is 7.67. The first-order valence-corrected chi connectivity index (χ1v) is 11.5. The zero-order valence-electron chi connectivity index (χ0n) is 21.4. The molecule has 0 bridgehead atoms. The van der Waals surface area contributed by atoms with Gasteiger partial charge in [-0.3, -0.25) is 0 Å². The molecule has 0 saturated carbocycles. The van der Waals surface area contributed by atoms with Gasteiger partial charge in [0.15, 0.2) is 0 Å². The Morgan fingerprint density at radius 2 is 1.18 bits per heavy atom. The highest BCUT2D eigenvalue weighted by atomic mass is 16.5. The molecule has 176 valence electrons. The fourth-order valence-electron chi connectivity index (χ4n) is 3.62. The van der Waals surface area contributed by atoms with Crippen LogP contribution in [0.1, 0.15) is 51.3 Å². The van der Waals surface area contributed by atoms with Crippen LogP contribution in [0.5, 0.6) is 0 Å². The summed E-state index contributed by atoms with van der Waals surface area (Å²) in [5, 5.41) is 0. The van der Waals surface area contributed by atoms with E-state index in [9.17, 15) is 0 Å². The van der Waals surface area contributed by atoms with Gasteiger partial charge in [0.25, 0.3) is 0 Å². The van der Waals surface area contributed by atoms with Gasteiger partial charge < -0.3 is 9.47 Å². The lowest BCUT2D eigenvalue weighted by atomic mass is 9.74. The highest BCUT2D eigenvalue weighted by molar-refractivity contribution is 5.82. The topological polar surface area (TPSA) is 18.5 Å². The Labute approximate surface area is 202 Å². The Hall–Kier alpha value is -3.28. The van der Waals surface area contributed by atoms with Crippen LogP contribution in [0.25, 0.3) is 11.1 Å². The number of benzene rings is 3. The van der Waals surface area contributed by atoms with Crippen molar-refractivity contribution in [1.82, 2.24) is 0 Å². The average Bonchev–Trinajstić information content (AvgIpc) is 3.18. The lowest BCUT2D eigenvalue weighted by molar-refractivity contribution is 0.240. The van der Waals surface area contributed by atoms with E-state index in [1.54, 1.807) is 14.2 Å². The van der Waals surface area contributed by atoms with Crippen molar-refractivity contribution >= 4 is 0 Å². The molecule has 0 aromatic heterocycles. The molecule has 0 saturated heterocycles. The predicted octanol–water partition coefficient (Wildman–Crippen LogP) is 8.12. The third-order valence-electron chi connectivity index (χ3n) is 4.97. The zero-order chi connectivity index (χ0) is 25.1. The molecular weight excluding hydrogens is 404 g/mol. The van der Waals surface area contributed by atoms with Gasteiger partial charge in [-0.1, -0.05) is 119 Å². The normalized spacial score (nSPS) is 10.8. The Kier molecular flexibility index (Phi) is 15.6. The number of methoxy groups -OCH3 is 2. The van der Waals surface area contributed by atoms with Crippen LogP contribution in [0.3, 0.4) is 0 Å². The minimum absolute atomic E-state index is 0.0472. The summed E-state index contributed by atoms with van der Waals surface area (Å²) in [7, 11) is 3.13. The summed E-state index contributed by atoms with van der Waals surface area (Å²) in [6.07, 6.45) is 6.14. The van der Waals surface area contributed by atoms with E-state index in [0.717, 1.165) is 0 Å². The van der Waals surface area contributed by atoms with Crippen LogP contribution in [0.4, 0.5) is 0 Å². The van der Waals surface area contributed by atoms with E-state index >= 15 is 0 Å². The summed E-state index contributed by atoms with van der Waals surface area (Å²) in [6, 6.07) is 28.4. The Morgan fingerprint density at radius 3 is 1.52 bits per heavy atom. The van der Waals surface area contributed by atoms with Crippen LogP contribution in [0, 0.1) is 12.3 Å². The summed E-state index contributed by atoms with van der Waals surface area (Å²) in [4.78, 5) is 0. The second-order valence-corrected chi connectivity index (χ2v) is 6.62. The summed E-state index contributed by atoms with van der Waals surface area (Å²) < 4.78 is 8.76. The molecule has 1 aliphatic rings. The number of rotatable bonds is 3. The Morgan fingerprint density at radius 1 is 0.788 bits per heavy atom. The maximum absolute atomic E-state index is 4.76. The van der Waals surface area contributed by atoms with Gasteiger partial charge in [-0.05, 0) is 34.7 Å². The molecule has 0 spiro atoms. The van der Waals surface area contributed by atoms with Crippen LogP contribution in [-0.2, 0) is 14.9 Å². The SMILES string of the molecule is C#CCOC.C=COC.CC.CC.CC1(c2ccccc2)c2ccccc2-c2ccccc21. The van der Waals surface area contributed by atoms with E-state index in [0.29, 0.717) is 6.61 Å². The highest BCUT2D eigenvalue weighted by Gasteiger charge is 2.39. The van der Waals surface area contributed by atoms with Gasteiger partial charge in [-0.15, -0.1) is 6.42 Å². The Balaban J connectivity index is 0.000000666. The summed E-state index contributed by atoms with van der Waals surface area (Å²) in [6.45, 7) is 14.0. The average molecular weight is 445 g/mol. The van der Waals surface area contributed by atoms with Gasteiger partial charge >= 0.3 is 0 Å². The van der Waals surface area contributed by atoms with Gasteiger partial charge in [-0.2, -0.15) is 0 Å². The van der Waals surface area contributed by atoms with Crippen molar-refractivity contribution in [2.75, 3.05) is 20.8 Å². The van der Waals surface area contributed by atoms with E-state index in [1.165, 1.54) is 34.1 Å². The lowest BCUT2D eigenvalue weighted by Crippen LogP contribution is -2.22. The fraction of sp³-hybridized carbons (Fsp3) is 0.290. The maximum atomic E-state index is 4.76. The van der Waals surface area contributed by atoms with Gasteiger partial charge in [0.1, 0.15) is 6.61 Å². The predicted molar refractivity (Wildman–Crippen MR) is 144 cm³/mol. The van der Waals surface area contributed by atoms with Crippen molar-refractivity contribution in [3.05, 3.63) is 108 Å². The fourth-order valence-corrected chi connectivity index (χ4v) is 3.62. The van der Waals surface area contributed by atoms with E-state index in [-0.39, 0.29) is 5.41 Å². The van der Waals surface area contributed by atoms with Gasteiger partial charge in [0, 0.05) is 12.5 Å². The van der Waals surface area contributed by atoms with E-state index < -0.39 is 0 Å². The number of ether oxygens (including phenoxy) is 2. The highest BCUT2D eigenvalue weighted by Crippen LogP contribution is 2.51. The molecule has 1 aliphatic carbocycles. The minimum Gasteiger partial charge on any atom is -0.505 e. The first kappa shape index (κ1) is 29.7. The quantitative estimate of drug-likeness (QED) is 0.300.